The maximum atomic E-state index is 12.4. The zero-order valence-electron chi connectivity index (χ0n) is 13.9. The Labute approximate surface area is 137 Å². The lowest BCUT2D eigenvalue weighted by Gasteiger charge is -2.39. The van der Waals surface area contributed by atoms with Gasteiger partial charge in [0.15, 0.2) is 0 Å². The highest BCUT2D eigenvalue weighted by molar-refractivity contribution is 5.77. The fraction of sp³-hybridized carbons (Fsp3) is 0.556. The zero-order chi connectivity index (χ0) is 16.7. The fourth-order valence-corrected chi connectivity index (χ4v) is 3.21. The second kappa shape index (κ2) is 8.11. The molecule has 126 valence electrons. The number of likely N-dealkylation sites (tertiary alicyclic amines) is 1. The summed E-state index contributed by atoms with van der Waals surface area (Å²) < 4.78 is 9.76. The molecule has 0 bridgehead atoms. The molecule has 1 fully saturated rings. The van der Waals surface area contributed by atoms with E-state index in [1.54, 1.807) is 0 Å². The molecular weight excluding hydrogens is 294 g/mol. The molecule has 0 aliphatic carbocycles. The Balaban J connectivity index is 1.99. The third kappa shape index (κ3) is 4.55. The Morgan fingerprint density at radius 2 is 1.74 bits per heavy atom. The van der Waals surface area contributed by atoms with E-state index < -0.39 is 5.41 Å². The van der Waals surface area contributed by atoms with E-state index in [4.69, 9.17) is 4.74 Å². The van der Waals surface area contributed by atoms with Crippen LogP contribution in [0.5, 0.6) is 0 Å². The van der Waals surface area contributed by atoms with Gasteiger partial charge < -0.3 is 14.4 Å². The second-order valence-electron chi connectivity index (χ2n) is 6.10. The Morgan fingerprint density at radius 3 is 2.30 bits per heavy atom. The molecule has 0 amide bonds. The first-order chi connectivity index (χ1) is 11.1. The van der Waals surface area contributed by atoms with Crippen LogP contribution < -0.4 is 0 Å². The van der Waals surface area contributed by atoms with Crippen LogP contribution in [0.2, 0.25) is 0 Å². The monoisotopic (exact) mass is 319 g/mol. The Bertz CT molecular complexity index is 521. The summed E-state index contributed by atoms with van der Waals surface area (Å²) in [7, 11) is 2.86. The molecule has 0 unspecified atom stereocenters. The molecule has 0 N–H and O–H groups in total. The van der Waals surface area contributed by atoms with E-state index >= 15 is 0 Å². The predicted octanol–water partition coefficient (Wildman–Crippen LogP) is 2.05. The van der Waals surface area contributed by atoms with Crippen molar-refractivity contribution >= 4 is 11.9 Å². The molecule has 1 heterocycles. The van der Waals surface area contributed by atoms with Gasteiger partial charge in [-0.15, -0.1) is 0 Å². The molecule has 1 aliphatic heterocycles. The number of carbonyl (C=O) groups excluding carboxylic acids is 2. The number of piperidine rings is 1. The van der Waals surface area contributed by atoms with Crippen LogP contribution >= 0.6 is 0 Å². The lowest BCUT2D eigenvalue weighted by atomic mass is 9.73. The summed E-state index contributed by atoms with van der Waals surface area (Å²) in [5.74, 6) is -0.326. The molecule has 0 spiro atoms. The highest BCUT2D eigenvalue weighted by atomic mass is 16.5. The van der Waals surface area contributed by atoms with Crippen molar-refractivity contribution in [1.82, 2.24) is 4.90 Å². The van der Waals surface area contributed by atoms with Crippen LogP contribution in [0.1, 0.15) is 24.8 Å². The van der Waals surface area contributed by atoms with Crippen molar-refractivity contribution in [2.24, 2.45) is 5.41 Å². The maximum absolute atomic E-state index is 12.4. The second-order valence-corrected chi connectivity index (χ2v) is 6.10. The van der Waals surface area contributed by atoms with Crippen molar-refractivity contribution < 1.29 is 19.1 Å². The van der Waals surface area contributed by atoms with E-state index in [1.807, 2.05) is 30.3 Å². The average molecular weight is 319 g/mol. The number of benzene rings is 1. The van der Waals surface area contributed by atoms with Crippen molar-refractivity contribution in [2.45, 2.75) is 25.7 Å². The van der Waals surface area contributed by atoms with Gasteiger partial charge in [0, 0.05) is 6.54 Å². The predicted molar refractivity (Wildman–Crippen MR) is 86.9 cm³/mol. The van der Waals surface area contributed by atoms with Gasteiger partial charge in [-0.25, -0.2) is 0 Å². The van der Waals surface area contributed by atoms with E-state index in [2.05, 4.69) is 9.64 Å². The van der Waals surface area contributed by atoms with Gasteiger partial charge in [0.2, 0.25) is 0 Å². The highest BCUT2D eigenvalue weighted by Crippen LogP contribution is 2.36. The normalized spacial score (nSPS) is 17.5. The van der Waals surface area contributed by atoms with Gasteiger partial charge in [0.25, 0.3) is 0 Å². The number of rotatable bonds is 6. The number of nitrogens with zero attached hydrogens (tertiary/aromatic N) is 1. The Kier molecular flexibility index (Phi) is 6.16. The molecule has 0 radical (unpaired) electrons. The van der Waals surface area contributed by atoms with E-state index in [9.17, 15) is 9.59 Å². The quantitative estimate of drug-likeness (QED) is 0.751. The molecule has 23 heavy (non-hydrogen) atoms. The summed E-state index contributed by atoms with van der Waals surface area (Å²) in [6, 6.07) is 10.1. The van der Waals surface area contributed by atoms with Gasteiger partial charge in [-0.1, -0.05) is 30.3 Å². The molecule has 2 rings (SSSR count). The van der Waals surface area contributed by atoms with Gasteiger partial charge in [-0.3, -0.25) is 9.59 Å². The third-order valence-electron chi connectivity index (χ3n) is 4.68. The summed E-state index contributed by atoms with van der Waals surface area (Å²) in [4.78, 5) is 25.9. The van der Waals surface area contributed by atoms with Gasteiger partial charge in [0.05, 0.1) is 26.1 Å². The van der Waals surface area contributed by atoms with Crippen molar-refractivity contribution in [3.63, 3.8) is 0 Å². The third-order valence-corrected chi connectivity index (χ3v) is 4.68. The van der Waals surface area contributed by atoms with Crippen molar-refractivity contribution in [3.8, 4) is 0 Å². The molecule has 0 saturated carbocycles. The van der Waals surface area contributed by atoms with Crippen LogP contribution in [0.25, 0.3) is 0 Å². The number of hydrogen-bond acceptors (Lipinski definition) is 5. The number of methoxy groups -OCH3 is 2. The lowest BCUT2D eigenvalue weighted by molar-refractivity contribution is -0.156. The first kappa shape index (κ1) is 17.5. The molecule has 1 saturated heterocycles. The van der Waals surface area contributed by atoms with Crippen LogP contribution in [-0.2, 0) is 25.5 Å². The van der Waals surface area contributed by atoms with Gasteiger partial charge in [-0.2, -0.15) is 0 Å². The number of ether oxygens (including phenoxy) is 2. The minimum atomic E-state index is -0.460. The number of esters is 2. The van der Waals surface area contributed by atoms with Crippen molar-refractivity contribution in [1.29, 1.82) is 0 Å². The summed E-state index contributed by atoms with van der Waals surface area (Å²) in [6.45, 7) is 2.26. The first-order valence-corrected chi connectivity index (χ1v) is 8.01. The summed E-state index contributed by atoms with van der Waals surface area (Å²) in [5.41, 5.74) is 0.693. The number of carbonyl (C=O) groups is 2. The van der Waals surface area contributed by atoms with Crippen molar-refractivity contribution in [2.75, 3.05) is 33.9 Å². The Morgan fingerprint density at radius 1 is 1.09 bits per heavy atom. The molecule has 1 aromatic rings. The van der Waals surface area contributed by atoms with Gasteiger partial charge in [0.1, 0.15) is 0 Å². The minimum Gasteiger partial charge on any atom is -0.469 e. The highest BCUT2D eigenvalue weighted by Gasteiger charge is 2.42. The van der Waals surface area contributed by atoms with Crippen LogP contribution in [0.15, 0.2) is 30.3 Å². The average Bonchev–Trinajstić information content (AvgIpc) is 2.61. The summed E-state index contributed by atoms with van der Waals surface area (Å²) in [6.07, 6.45) is 2.58. The molecular formula is C18H25NO4. The largest absolute Gasteiger partial charge is 0.469 e. The van der Waals surface area contributed by atoms with Gasteiger partial charge >= 0.3 is 11.9 Å². The van der Waals surface area contributed by atoms with Crippen LogP contribution in [0.3, 0.4) is 0 Å². The number of hydrogen-bond donors (Lipinski definition) is 0. The maximum Gasteiger partial charge on any atom is 0.312 e. The van der Waals surface area contributed by atoms with Crippen LogP contribution in [0.4, 0.5) is 0 Å². The molecule has 5 heteroatoms. The van der Waals surface area contributed by atoms with Crippen LogP contribution in [-0.4, -0.2) is 50.7 Å². The lowest BCUT2D eigenvalue weighted by Crippen LogP contribution is -2.46. The molecule has 1 aromatic carbocycles. The standard InChI is InChI=1S/C18H25NO4/c1-22-16(20)8-11-19-12-9-18(10-13-19,17(21)23-2)14-15-6-4-3-5-7-15/h3-7H,8-14H2,1-2H3. The molecule has 1 aliphatic rings. The van der Waals surface area contributed by atoms with E-state index in [0.29, 0.717) is 19.4 Å². The minimum absolute atomic E-state index is 0.131. The van der Waals surface area contributed by atoms with E-state index in [0.717, 1.165) is 31.5 Å². The summed E-state index contributed by atoms with van der Waals surface area (Å²) >= 11 is 0. The SMILES string of the molecule is COC(=O)CCN1CCC(Cc2ccccc2)(C(=O)OC)CC1. The fourth-order valence-electron chi connectivity index (χ4n) is 3.21. The van der Waals surface area contributed by atoms with Gasteiger partial charge in [-0.05, 0) is 37.9 Å². The van der Waals surface area contributed by atoms with Crippen LogP contribution in [0, 0.1) is 5.41 Å². The van der Waals surface area contributed by atoms with E-state index in [-0.39, 0.29) is 11.9 Å². The molecule has 5 nitrogen and oxygen atoms in total. The summed E-state index contributed by atoms with van der Waals surface area (Å²) in [5, 5.41) is 0. The van der Waals surface area contributed by atoms with Crippen molar-refractivity contribution in [3.05, 3.63) is 35.9 Å². The molecule has 0 atom stereocenters. The topological polar surface area (TPSA) is 55.8 Å². The molecule has 0 aromatic heterocycles. The smallest absolute Gasteiger partial charge is 0.312 e. The zero-order valence-corrected chi connectivity index (χ0v) is 13.9. The first-order valence-electron chi connectivity index (χ1n) is 8.01. The Hall–Kier alpha value is -1.88. The van der Waals surface area contributed by atoms with E-state index in [1.165, 1.54) is 14.2 Å².